The van der Waals surface area contributed by atoms with Gasteiger partial charge < -0.3 is 21.1 Å². The minimum absolute atomic E-state index is 0.0458. The Balaban J connectivity index is 1.65. The smallest absolute Gasteiger partial charge is 0.251 e. The number of hydrogen-bond acceptors (Lipinski definition) is 6. The van der Waals surface area contributed by atoms with E-state index in [9.17, 15) is 13.6 Å². The van der Waals surface area contributed by atoms with Crippen molar-refractivity contribution < 1.29 is 18.3 Å². The molecule has 1 unspecified atom stereocenters. The molecule has 0 saturated heterocycles. The number of ether oxygens (including phenoxy) is 1. The van der Waals surface area contributed by atoms with Gasteiger partial charge in [0.05, 0.1) is 19.0 Å². The van der Waals surface area contributed by atoms with Crippen LogP contribution in [-0.2, 0) is 6.42 Å². The standard InChI is InChI=1S/C26H28F2N6O2/c1-4-15-12-17(6-7-18(15)26(35)33-16(5-2)13-29)32-24-25-31-14-20(34(25)11-10-30-24)19-8-9-21(36-3)23(28)22(19)27/h6-12,14,16H,4-5,13,29H2,1-3H3,(H,30,32)(H,33,35). The molecule has 36 heavy (non-hydrogen) atoms. The molecule has 4 rings (SSSR count). The molecule has 1 atom stereocenters. The summed E-state index contributed by atoms with van der Waals surface area (Å²) in [6.45, 7) is 4.32. The average Bonchev–Trinajstić information content (AvgIpc) is 3.33. The lowest BCUT2D eigenvalue weighted by Crippen LogP contribution is -2.40. The largest absolute Gasteiger partial charge is 0.494 e. The number of aryl methyl sites for hydroxylation is 1. The zero-order valence-corrected chi connectivity index (χ0v) is 20.3. The Labute approximate surface area is 207 Å². The summed E-state index contributed by atoms with van der Waals surface area (Å²) in [5, 5.41) is 6.19. The molecule has 8 nitrogen and oxygen atoms in total. The van der Waals surface area contributed by atoms with Crippen LogP contribution in [0, 0.1) is 11.6 Å². The molecule has 0 spiro atoms. The van der Waals surface area contributed by atoms with Gasteiger partial charge in [0.1, 0.15) is 0 Å². The molecule has 4 aromatic rings. The minimum atomic E-state index is -1.06. The number of carbonyl (C=O) groups excluding carboxylic acids is 1. The summed E-state index contributed by atoms with van der Waals surface area (Å²) >= 11 is 0. The van der Waals surface area contributed by atoms with Gasteiger partial charge in [-0.2, -0.15) is 4.39 Å². The number of hydrogen-bond donors (Lipinski definition) is 3. The van der Waals surface area contributed by atoms with Crippen molar-refractivity contribution in [2.75, 3.05) is 19.0 Å². The van der Waals surface area contributed by atoms with Crippen LogP contribution in [0.4, 0.5) is 20.3 Å². The highest BCUT2D eigenvalue weighted by atomic mass is 19.2. The van der Waals surface area contributed by atoms with Gasteiger partial charge >= 0.3 is 0 Å². The fourth-order valence-corrected chi connectivity index (χ4v) is 4.01. The number of nitrogens with one attached hydrogen (secondary N) is 2. The van der Waals surface area contributed by atoms with Gasteiger partial charge in [-0.25, -0.2) is 14.4 Å². The van der Waals surface area contributed by atoms with Crippen molar-refractivity contribution in [3.05, 3.63) is 71.7 Å². The van der Waals surface area contributed by atoms with E-state index in [-0.39, 0.29) is 23.3 Å². The molecular formula is C26H28F2N6O2. The second-order valence-electron chi connectivity index (χ2n) is 8.22. The Morgan fingerprint density at radius 2 is 1.97 bits per heavy atom. The van der Waals surface area contributed by atoms with Crippen LogP contribution in [0.3, 0.4) is 0 Å². The summed E-state index contributed by atoms with van der Waals surface area (Å²) in [7, 11) is 1.28. The SMILES string of the molecule is CCc1cc(Nc2nccn3c(-c4ccc(OC)c(F)c4F)cnc23)ccc1C(=O)NC(CC)CN. The number of carbonyl (C=O) groups is 1. The summed E-state index contributed by atoms with van der Waals surface area (Å²) in [6.07, 6.45) is 6.01. The number of imidazole rings is 1. The van der Waals surface area contributed by atoms with Gasteiger partial charge in [-0.05, 0) is 48.7 Å². The maximum absolute atomic E-state index is 14.7. The first-order chi connectivity index (χ1) is 17.4. The summed E-state index contributed by atoms with van der Waals surface area (Å²) in [5.74, 6) is -2.01. The molecule has 0 radical (unpaired) electrons. The fourth-order valence-electron chi connectivity index (χ4n) is 4.01. The number of rotatable bonds is 9. The van der Waals surface area contributed by atoms with Crippen LogP contribution in [0.2, 0.25) is 0 Å². The molecule has 2 heterocycles. The van der Waals surface area contributed by atoms with Crippen molar-refractivity contribution in [2.45, 2.75) is 32.7 Å². The first kappa shape index (κ1) is 25.1. The van der Waals surface area contributed by atoms with Gasteiger partial charge in [0.15, 0.2) is 23.0 Å². The van der Waals surface area contributed by atoms with Crippen LogP contribution < -0.4 is 21.1 Å². The van der Waals surface area contributed by atoms with Crippen molar-refractivity contribution in [1.82, 2.24) is 19.7 Å². The molecule has 0 saturated carbocycles. The summed E-state index contributed by atoms with van der Waals surface area (Å²) < 4.78 is 35.5. The highest BCUT2D eigenvalue weighted by Crippen LogP contribution is 2.31. The molecule has 1 amide bonds. The monoisotopic (exact) mass is 494 g/mol. The number of methoxy groups -OCH3 is 1. The van der Waals surface area contributed by atoms with Crippen LogP contribution in [0.1, 0.15) is 36.2 Å². The first-order valence-electron chi connectivity index (χ1n) is 11.7. The molecule has 4 N–H and O–H groups in total. The topological polar surface area (TPSA) is 107 Å². The lowest BCUT2D eigenvalue weighted by Gasteiger charge is -2.17. The maximum Gasteiger partial charge on any atom is 0.251 e. The van der Waals surface area contributed by atoms with Crippen LogP contribution >= 0.6 is 0 Å². The van der Waals surface area contributed by atoms with E-state index in [0.29, 0.717) is 41.4 Å². The average molecular weight is 495 g/mol. The molecule has 188 valence electrons. The molecule has 2 aromatic carbocycles. The van der Waals surface area contributed by atoms with E-state index in [0.717, 1.165) is 12.0 Å². The van der Waals surface area contributed by atoms with Gasteiger partial charge in [-0.15, -0.1) is 0 Å². The Hall–Kier alpha value is -4.05. The third-order valence-corrected chi connectivity index (χ3v) is 6.08. The van der Waals surface area contributed by atoms with E-state index in [1.807, 2.05) is 19.9 Å². The lowest BCUT2D eigenvalue weighted by atomic mass is 10.0. The second kappa shape index (κ2) is 10.7. The number of nitrogens with zero attached hydrogens (tertiary/aromatic N) is 3. The van der Waals surface area contributed by atoms with E-state index in [1.165, 1.54) is 25.4 Å². The van der Waals surface area contributed by atoms with Gasteiger partial charge in [0, 0.05) is 41.8 Å². The summed E-state index contributed by atoms with van der Waals surface area (Å²) in [4.78, 5) is 21.5. The molecular weight excluding hydrogens is 466 g/mol. The Bertz CT molecular complexity index is 1400. The Morgan fingerprint density at radius 1 is 1.17 bits per heavy atom. The van der Waals surface area contributed by atoms with E-state index < -0.39 is 11.6 Å². The predicted molar refractivity (Wildman–Crippen MR) is 135 cm³/mol. The van der Waals surface area contributed by atoms with Gasteiger partial charge in [0.2, 0.25) is 5.82 Å². The van der Waals surface area contributed by atoms with E-state index in [4.69, 9.17) is 10.5 Å². The maximum atomic E-state index is 14.7. The van der Waals surface area contributed by atoms with Gasteiger partial charge in [-0.1, -0.05) is 13.8 Å². The number of anilines is 2. The number of benzene rings is 2. The fraction of sp³-hybridized carbons (Fsp3) is 0.269. The van der Waals surface area contributed by atoms with E-state index in [2.05, 4.69) is 20.6 Å². The third-order valence-electron chi connectivity index (χ3n) is 6.08. The van der Waals surface area contributed by atoms with Crippen molar-refractivity contribution in [1.29, 1.82) is 0 Å². The summed E-state index contributed by atoms with van der Waals surface area (Å²) in [5.41, 5.74) is 8.71. The molecule has 0 fully saturated rings. The molecule has 10 heteroatoms. The molecule has 0 aliphatic carbocycles. The van der Waals surface area contributed by atoms with Crippen molar-refractivity contribution in [3.63, 3.8) is 0 Å². The van der Waals surface area contributed by atoms with Gasteiger partial charge in [-0.3, -0.25) is 9.20 Å². The van der Waals surface area contributed by atoms with E-state index >= 15 is 0 Å². The lowest BCUT2D eigenvalue weighted by molar-refractivity contribution is 0.0936. The number of nitrogens with two attached hydrogens (primary N) is 1. The van der Waals surface area contributed by atoms with Crippen LogP contribution in [0.25, 0.3) is 16.9 Å². The molecule has 0 aliphatic heterocycles. The summed E-state index contributed by atoms with van der Waals surface area (Å²) in [6, 6.07) is 8.15. The third kappa shape index (κ3) is 4.72. The molecule has 0 bridgehead atoms. The van der Waals surface area contributed by atoms with Crippen molar-refractivity contribution in [3.8, 4) is 17.0 Å². The quantitative estimate of drug-likeness (QED) is 0.317. The highest BCUT2D eigenvalue weighted by molar-refractivity contribution is 5.96. The van der Waals surface area contributed by atoms with Gasteiger partial charge in [0.25, 0.3) is 5.91 Å². The zero-order valence-electron chi connectivity index (χ0n) is 20.3. The van der Waals surface area contributed by atoms with Crippen LogP contribution in [0.5, 0.6) is 5.75 Å². The van der Waals surface area contributed by atoms with Crippen LogP contribution in [0.15, 0.2) is 48.9 Å². The normalized spacial score (nSPS) is 11.9. The molecule has 0 aliphatic rings. The highest BCUT2D eigenvalue weighted by Gasteiger charge is 2.20. The predicted octanol–water partition coefficient (Wildman–Crippen LogP) is 4.46. The molecule has 2 aromatic heterocycles. The Morgan fingerprint density at radius 3 is 2.67 bits per heavy atom. The second-order valence-corrected chi connectivity index (χ2v) is 8.22. The number of amides is 1. The number of halogens is 2. The van der Waals surface area contributed by atoms with Crippen molar-refractivity contribution >= 4 is 23.1 Å². The minimum Gasteiger partial charge on any atom is -0.494 e. The zero-order chi connectivity index (χ0) is 25.8. The number of aromatic nitrogens is 3. The van der Waals surface area contributed by atoms with E-state index in [1.54, 1.807) is 28.9 Å². The first-order valence-corrected chi connectivity index (χ1v) is 11.7. The Kier molecular flexibility index (Phi) is 7.44. The van der Waals surface area contributed by atoms with Crippen LogP contribution in [-0.4, -0.2) is 40.0 Å². The van der Waals surface area contributed by atoms with Crippen molar-refractivity contribution in [2.24, 2.45) is 5.73 Å². The number of fused-ring (bicyclic) bond motifs is 1.